The van der Waals surface area contributed by atoms with Gasteiger partial charge in [0.1, 0.15) is 42.8 Å². The molecule has 2 saturated heterocycles. The third kappa shape index (κ3) is 8.44. The molecule has 0 saturated carbocycles. The molecule has 1 aromatic heterocycles. The smallest absolute Gasteiger partial charge is 0.374 e. The number of nitrogens with one attached hydrogen (secondary N) is 2. The van der Waals surface area contributed by atoms with Gasteiger partial charge in [-0.1, -0.05) is 60.7 Å². The number of aromatic nitrogens is 3. The van der Waals surface area contributed by atoms with Crippen LogP contribution < -0.4 is 27.8 Å². The topological polar surface area (TPSA) is 252 Å². The van der Waals surface area contributed by atoms with Crippen LogP contribution in [0, 0.1) is 0 Å². The Balaban J connectivity index is 1.03. The lowest BCUT2D eigenvalue weighted by atomic mass is 10.1. The number of nitrogens with two attached hydrogens (primary N) is 2. The van der Waals surface area contributed by atoms with Crippen molar-refractivity contribution in [1.29, 1.82) is 0 Å². The second-order valence-electron chi connectivity index (χ2n) is 12.5. The fourth-order valence-corrected chi connectivity index (χ4v) is 7.30. The monoisotopic (exact) mass is 741 g/mol. The van der Waals surface area contributed by atoms with Gasteiger partial charge in [-0.25, -0.2) is 14.3 Å². The minimum atomic E-state index is -4.77. The first-order valence-corrected chi connectivity index (χ1v) is 18.1. The van der Waals surface area contributed by atoms with Gasteiger partial charge in [0.05, 0.1) is 39.2 Å². The summed E-state index contributed by atoms with van der Waals surface area (Å²) in [6.45, 7) is 0.376. The van der Waals surface area contributed by atoms with Crippen molar-refractivity contribution in [2.45, 2.75) is 69.2 Å². The molecule has 8 atom stereocenters. The van der Waals surface area contributed by atoms with Crippen LogP contribution in [-0.4, -0.2) is 92.1 Å². The molecule has 0 amide bonds. The maximum absolute atomic E-state index is 13.5. The molecule has 2 aromatic carbocycles. The minimum Gasteiger partial charge on any atom is -0.374 e. The molecule has 0 radical (unpaired) electrons. The molecule has 52 heavy (non-hydrogen) atoms. The summed E-state index contributed by atoms with van der Waals surface area (Å²) in [4.78, 5) is 37.2. The molecule has 3 aromatic rings. The first-order chi connectivity index (χ1) is 25.1. The molecule has 8 N–H and O–H groups in total. The van der Waals surface area contributed by atoms with Gasteiger partial charge < -0.3 is 55.9 Å². The number of aliphatic hydroxyl groups is 1. The van der Waals surface area contributed by atoms with Crippen LogP contribution in [0.15, 0.2) is 88.3 Å². The Kier molecular flexibility index (Phi) is 10.8. The summed E-state index contributed by atoms with van der Waals surface area (Å²) < 4.78 is 50.4. The normalized spacial score (nSPS) is 28.2. The number of hydrogen-bond donors (Lipinski definition) is 6. The predicted molar refractivity (Wildman–Crippen MR) is 182 cm³/mol. The zero-order valence-corrected chi connectivity index (χ0v) is 28.7. The number of rotatable bonds is 14. The van der Waals surface area contributed by atoms with Crippen LogP contribution in [0.1, 0.15) is 30.2 Å². The Morgan fingerprint density at radius 2 is 1.62 bits per heavy atom. The van der Waals surface area contributed by atoms with Crippen molar-refractivity contribution in [3.8, 4) is 0 Å². The number of ether oxygens (including phenoxy) is 4. The van der Waals surface area contributed by atoms with Crippen molar-refractivity contribution in [1.82, 2.24) is 30.1 Å². The average Bonchev–Trinajstić information content (AvgIpc) is 3.84. The summed E-state index contributed by atoms with van der Waals surface area (Å²) in [5, 5.41) is 16.2. The van der Waals surface area contributed by atoms with Crippen LogP contribution in [0.5, 0.6) is 0 Å². The number of phosphoric acid groups is 1. The van der Waals surface area contributed by atoms with Crippen LogP contribution in [0.3, 0.4) is 0 Å². The molecule has 278 valence electrons. The maximum atomic E-state index is 13.5. The molecule has 4 aliphatic heterocycles. The molecule has 7 rings (SSSR count). The second kappa shape index (κ2) is 15.7. The number of nitrogen functional groups attached to an aromatic ring is 1. The zero-order valence-electron chi connectivity index (χ0n) is 27.8. The van der Waals surface area contributed by atoms with Gasteiger partial charge in [0, 0.05) is 12.8 Å². The van der Waals surface area contributed by atoms with Crippen molar-refractivity contribution < 1.29 is 42.6 Å². The van der Waals surface area contributed by atoms with Crippen molar-refractivity contribution in [2.24, 2.45) is 10.7 Å². The lowest BCUT2D eigenvalue weighted by Gasteiger charge is -2.27. The third-order valence-corrected chi connectivity index (χ3v) is 9.89. The number of aliphatic hydroxyl groups excluding tert-OH is 1. The van der Waals surface area contributed by atoms with E-state index in [9.17, 15) is 19.4 Å². The summed E-state index contributed by atoms with van der Waals surface area (Å²) >= 11 is 0. The van der Waals surface area contributed by atoms with Gasteiger partial charge >= 0.3 is 13.5 Å². The van der Waals surface area contributed by atoms with E-state index >= 15 is 0 Å². The van der Waals surface area contributed by atoms with E-state index in [1.54, 1.807) is 4.90 Å². The lowest BCUT2D eigenvalue weighted by molar-refractivity contribution is -0.0836. The number of benzene rings is 2. The molecular formula is C32H40N9O10P. The Labute approximate surface area is 297 Å². The summed E-state index contributed by atoms with van der Waals surface area (Å²) in [5.41, 5.74) is 13.0. The van der Waals surface area contributed by atoms with Gasteiger partial charge in [0.15, 0.2) is 18.0 Å². The highest BCUT2D eigenvalue weighted by atomic mass is 31.2. The fourth-order valence-electron chi connectivity index (χ4n) is 6.34. The van der Waals surface area contributed by atoms with E-state index in [0.717, 1.165) is 15.7 Å². The Bertz CT molecular complexity index is 1870. The summed E-state index contributed by atoms with van der Waals surface area (Å²) in [6.07, 6.45) is -4.37. The predicted octanol–water partition coefficient (Wildman–Crippen LogP) is 0.196. The number of aliphatic imine (C=N–C) groups is 1. The molecule has 0 bridgehead atoms. The van der Waals surface area contributed by atoms with Gasteiger partial charge in [0.25, 0.3) is 0 Å². The lowest BCUT2D eigenvalue weighted by Crippen LogP contribution is -2.45. The Morgan fingerprint density at radius 3 is 2.35 bits per heavy atom. The number of hydrogen-bond acceptors (Lipinski definition) is 17. The summed E-state index contributed by atoms with van der Waals surface area (Å²) in [7, 11) is -4.77. The van der Waals surface area contributed by atoms with Gasteiger partial charge in [-0.2, -0.15) is 9.98 Å². The van der Waals surface area contributed by atoms with Gasteiger partial charge in [-0.3, -0.25) is 13.6 Å². The Morgan fingerprint density at radius 1 is 0.942 bits per heavy atom. The summed E-state index contributed by atoms with van der Waals surface area (Å²) in [6, 6.07) is 19.0. The molecule has 19 nitrogen and oxygen atoms in total. The molecule has 0 aliphatic carbocycles. The van der Waals surface area contributed by atoms with Crippen LogP contribution in [0.2, 0.25) is 0 Å². The van der Waals surface area contributed by atoms with Crippen LogP contribution in [-0.2, 0) is 45.8 Å². The first kappa shape index (κ1) is 36.0. The average molecular weight is 742 g/mol. The highest BCUT2D eigenvalue weighted by Crippen LogP contribution is 2.49. The number of nitrogens with zero attached hydrogens (tertiary/aromatic N) is 5. The number of phosphoric ester groups is 1. The highest BCUT2D eigenvalue weighted by molar-refractivity contribution is 7.47. The number of guanidine groups is 1. The molecule has 2 fully saturated rings. The third-order valence-electron chi connectivity index (χ3n) is 8.87. The fraction of sp³-hybridized carbons (Fsp3) is 0.438. The van der Waals surface area contributed by atoms with E-state index in [1.807, 2.05) is 60.7 Å². The summed E-state index contributed by atoms with van der Waals surface area (Å²) in [5.74, 6) is 0.257. The quantitative estimate of drug-likeness (QED) is 0.121. The molecule has 20 heteroatoms. The maximum Gasteiger partial charge on any atom is 0.472 e. The van der Waals surface area contributed by atoms with E-state index < -0.39 is 56.6 Å². The van der Waals surface area contributed by atoms with Crippen LogP contribution >= 0.6 is 7.82 Å². The molecular weight excluding hydrogens is 701 g/mol. The molecule has 0 spiro atoms. The van der Waals surface area contributed by atoms with Gasteiger partial charge in [0.2, 0.25) is 5.95 Å². The Hall–Kier alpha value is -4.43. The molecule has 4 aliphatic rings. The van der Waals surface area contributed by atoms with E-state index in [4.69, 9.17) is 39.5 Å². The standard InChI is InChI=1S/C32H40N9O10P/c33-30-36-18-41(32(43)39-30)26-12-22(23(49-26)15-46-13-19-7-3-1-4-8-19)51-52(44,45)48-16-24-21(47-14-20-9-5-2-6-10-20)11-25(50-24)40-17-35-27-28(40)37-31(34)38-29(27)42/h1-10,18,21-26,29,35,42H,11-17H2,(H,44,45)(H2,33,39,43)(H3,34,37,38)/t21?,22-,23-,24-,25-,26-,29?/m1/s1. The molecule has 5 heterocycles. The van der Waals surface area contributed by atoms with E-state index in [-0.39, 0.29) is 51.4 Å². The second-order valence-corrected chi connectivity index (χ2v) is 13.9. The van der Waals surface area contributed by atoms with Crippen molar-refractivity contribution in [2.75, 3.05) is 25.6 Å². The van der Waals surface area contributed by atoms with Gasteiger partial charge in [-0.05, 0) is 11.1 Å². The molecule has 3 unspecified atom stereocenters. The van der Waals surface area contributed by atoms with Gasteiger partial charge in [-0.15, -0.1) is 0 Å². The van der Waals surface area contributed by atoms with Crippen molar-refractivity contribution in [3.05, 3.63) is 100 Å². The largest absolute Gasteiger partial charge is 0.472 e. The van der Waals surface area contributed by atoms with E-state index in [2.05, 4.69) is 25.6 Å². The van der Waals surface area contributed by atoms with Crippen molar-refractivity contribution in [3.63, 3.8) is 0 Å². The van der Waals surface area contributed by atoms with Crippen molar-refractivity contribution >= 4 is 19.7 Å². The van der Waals surface area contributed by atoms with Crippen LogP contribution in [0.25, 0.3) is 0 Å². The highest BCUT2D eigenvalue weighted by Gasteiger charge is 2.46. The van der Waals surface area contributed by atoms with E-state index in [0.29, 0.717) is 17.9 Å². The minimum absolute atomic E-state index is 0.0188. The van der Waals surface area contributed by atoms with E-state index in [1.165, 1.54) is 6.33 Å². The number of anilines is 1. The van der Waals surface area contributed by atoms with Crippen LogP contribution in [0.4, 0.5) is 5.95 Å². The first-order valence-electron chi connectivity index (χ1n) is 16.6. The zero-order chi connectivity index (χ0) is 36.2. The SMILES string of the molecule is NC1=NC2=C(NCN2[C@H]2CC(OCc3ccccc3)[C@@H](COP(=O)(O)O[C@@H]3C[C@H](n4cnc(N)nc4=O)O[C@@H]3COCc3ccccc3)O2)C(O)N1.